The average Bonchev–Trinajstić information content (AvgIpc) is 2.99. The summed E-state index contributed by atoms with van der Waals surface area (Å²) in [6.07, 6.45) is 4.24. The number of amides is 4. The Kier molecular flexibility index (Phi) is 6.97. The molecule has 2 N–H and O–H groups in total. The molecule has 0 bridgehead atoms. The molecule has 4 amide bonds. The van der Waals surface area contributed by atoms with Crippen molar-refractivity contribution in [3.05, 3.63) is 35.4 Å². The molecule has 1 spiro atoms. The number of imide groups is 1. The van der Waals surface area contributed by atoms with Gasteiger partial charge in [0, 0.05) is 0 Å². The molecule has 0 radical (unpaired) electrons. The number of nitrogens with zero attached hydrogens (tertiary/aromatic N) is 1. The van der Waals surface area contributed by atoms with Gasteiger partial charge in [0.15, 0.2) is 6.61 Å². The van der Waals surface area contributed by atoms with Crippen LogP contribution in [0.25, 0.3) is 0 Å². The van der Waals surface area contributed by atoms with E-state index >= 15 is 0 Å². The summed E-state index contributed by atoms with van der Waals surface area (Å²) in [5, 5.41) is 5.57. The van der Waals surface area contributed by atoms with Crippen LogP contribution < -0.4 is 10.6 Å². The first-order chi connectivity index (χ1) is 14.8. The molecule has 1 saturated heterocycles. The number of carbonyl (C=O) groups is 4. The zero-order valence-corrected chi connectivity index (χ0v) is 18.4. The van der Waals surface area contributed by atoms with Gasteiger partial charge in [-0.2, -0.15) is 0 Å². The van der Waals surface area contributed by atoms with Gasteiger partial charge < -0.3 is 15.4 Å². The maximum atomic E-state index is 12.9. The summed E-state index contributed by atoms with van der Waals surface area (Å²) in [5.74, 6) is -1.61. The van der Waals surface area contributed by atoms with Gasteiger partial charge in [0.2, 0.25) is 0 Å². The SMILES string of the molecule is CCc1ccc([C@H](C)NC(=O)COC(=O)CN2C(=O)N[C@]3(CCCC[C@@H]3C)C2=O)cc1. The van der Waals surface area contributed by atoms with Crippen LogP contribution in [-0.2, 0) is 25.5 Å². The predicted molar refractivity (Wildman–Crippen MR) is 114 cm³/mol. The van der Waals surface area contributed by atoms with Gasteiger partial charge in [0.25, 0.3) is 11.8 Å². The summed E-state index contributed by atoms with van der Waals surface area (Å²) in [4.78, 5) is 50.5. The van der Waals surface area contributed by atoms with Crippen molar-refractivity contribution in [3.63, 3.8) is 0 Å². The second-order valence-corrected chi connectivity index (χ2v) is 8.48. The molecule has 1 heterocycles. The van der Waals surface area contributed by atoms with Crippen LogP contribution in [0.3, 0.4) is 0 Å². The summed E-state index contributed by atoms with van der Waals surface area (Å²) >= 11 is 0. The van der Waals surface area contributed by atoms with Crippen molar-refractivity contribution >= 4 is 23.8 Å². The molecule has 2 aliphatic rings. The van der Waals surface area contributed by atoms with Crippen molar-refractivity contribution in [3.8, 4) is 0 Å². The number of ether oxygens (including phenoxy) is 1. The minimum Gasteiger partial charge on any atom is -0.454 e. The topological polar surface area (TPSA) is 105 Å². The quantitative estimate of drug-likeness (QED) is 0.512. The molecule has 168 valence electrons. The van der Waals surface area contributed by atoms with Crippen molar-refractivity contribution < 1.29 is 23.9 Å². The van der Waals surface area contributed by atoms with Crippen LogP contribution >= 0.6 is 0 Å². The van der Waals surface area contributed by atoms with E-state index in [1.54, 1.807) is 0 Å². The molecule has 3 rings (SSSR count). The van der Waals surface area contributed by atoms with E-state index in [-0.39, 0.29) is 17.9 Å². The fourth-order valence-electron chi connectivity index (χ4n) is 4.37. The lowest BCUT2D eigenvalue weighted by Crippen LogP contribution is -2.54. The summed E-state index contributed by atoms with van der Waals surface area (Å²) in [5.41, 5.74) is 1.24. The second-order valence-electron chi connectivity index (χ2n) is 8.48. The average molecular weight is 430 g/mol. The third-order valence-corrected chi connectivity index (χ3v) is 6.42. The summed E-state index contributed by atoms with van der Waals surface area (Å²) in [6.45, 7) is 4.89. The third kappa shape index (κ3) is 4.89. The Bertz CT molecular complexity index is 853. The Morgan fingerprint density at radius 2 is 1.97 bits per heavy atom. The first-order valence-corrected chi connectivity index (χ1v) is 10.9. The lowest BCUT2D eigenvalue weighted by Gasteiger charge is -2.36. The van der Waals surface area contributed by atoms with Gasteiger partial charge in [-0.25, -0.2) is 4.79 Å². The minimum absolute atomic E-state index is 0.0115. The van der Waals surface area contributed by atoms with E-state index in [1.165, 1.54) is 5.56 Å². The smallest absolute Gasteiger partial charge is 0.326 e. The zero-order valence-electron chi connectivity index (χ0n) is 18.4. The highest BCUT2D eigenvalue weighted by atomic mass is 16.5. The molecule has 1 aromatic carbocycles. The van der Waals surface area contributed by atoms with E-state index in [0.717, 1.165) is 36.1 Å². The molecular formula is C23H31N3O5. The zero-order chi connectivity index (χ0) is 22.6. The summed E-state index contributed by atoms with van der Waals surface area (Å²) in [7, 11) is 0. The van der Waals surface area contributed by atoms with Gasteiger partial charge in [-0.1, -0.05) is 51.0 Å². The van der Waals surface area contributed by atoms with E-state index < -0.39 is 36.6 Å². The normalized spacial score (nSPS) is 24.1. The molecule has 1 aromatic rings. The molecular weight excluding hydrogens is 398 g/mol. The van der Waals surface area contributed by atoms with Crippen LogP contribution in [0.1, 0.15) is 63.6 Å². The van der Waals surface area contributed by atoms with Crippen LogP contribution in [-0.4, -0.2) is 47.4 Å². The highest BCUT2D eigenvalue weighted by Crippen LogP contribution is 2.38. The van der Waals surface area contributed by atoms with Gasteiger partial charge in [-0.3, -0.25) is 19.3 Å². The fourth-order valence-corrected chi connectivity index (χ4v) is 4.37. The van der Waals surface area contributed by atoms with Crippen LogP contribution in [0.5, 0.6) is 0 Å². The van der Waals surface area contributed by atoms with Gasteiger partial charge in [0.05, 0.1) is 6.04 Å². The Balaban J connectivity index is 1.48. The molecule has 2 fully saturated rings. The van der Waals surface area contributed by atoms with Gasteiger partial charge in [0.1, 0.15) is 12.1 Å². The van der Waals surface area contributed by atoms with Crippen LogP contribution in [0.15, 0.2) is 24.3 Å². The second kappa shape index (κ2) is 9.49. The minimum atomic E-state index is -0.921. The van der Waals surface area contributed by atoms with Crippen LogP contribution in [0, 0.1) is 5.92 Å². The van der Waals surface area contributed by atoms with Gasteiger partial charge in [-0.15, -0.1) is 0 Å². The van der Waals surface area contributed by atoms with E-state index in [4.69, 9.17) is 4.74 Å². The Morgan fingerprint density at radius 1 is 1.26 bits per heavy atom. The van der Waals surface area contributed by atoms with Crippen LogP contribution in [0.2, 0.25) is 0 Å². The van der Waals surface area contributed by atoms with E-state index in [1.807, 2.05) is 38.1 Å². The number of nitrogens with one attached hydrogen (secondary N) is 2. The highest BCUT2D eigenvalue weighted by Gasteiger charge is 2.55. The number of rotatable bonds is 7. The maximum absolute atomic E-state index is 12.9. The fraction of sp³-hybridized carbons (Fsp3) is 0.565. The Labute approximate surface area is 182 Å². The Morgan fingerprint density at radius 3 is 2.61 bits per heavy atom. The molecule has 3 atom stereocenters. The molecule has 8 heteroatoms. The number of hydrogen-bond acceptors (Lipinski definition) is 5. The standard InChI is InChI=1S/C23H31N3O5/c1-4-17-8-10-18(11-9-17)16(3)24-19(27)14-31-20(28)13-26-21(29)23(25-22(26)30)12-6-5-7-15(23)2/h8-11,15-16H,4-7,12-14H2,1-3H3,(H,24,27)(H,25,30)/t15-,16-,23-/m0/s1. The maximum Gasteiger partial charge on any atom is 0.326 e. The van der Waals surface area contributed by atoms with E-state index in [0.29, 0.717) is 6.42 Å². The monoisotopic (exact) mass is 429 g/mol. The van der Waals surface area contributed by atoms with Crippen molar-refractivity contribution in [2.75, 3.05) is 13.2 Å². The number of carbonyl (C=O) groups excluding carboxylic acids is 4. The van der Waals surface area contributed by atoms with E-state index in [9.17, 15) is 19.2 Å². The van der Waals surface area contributed by atoms with Crippen LogP contribution in [0.4, 0.5) is 4.79 Å². The number of hydrogen-bond donors (Lipinski definition) is 2. The van der Waals surface area contributed by atoms with E-state index in [2.05, 4.69) is 17.6 Å². The highest BCUT2D eigenvalue weighted by molar-refractivity contribution is 6.09. The number of benzene rings is 1. The van der Waals surface area contributed by atoms with Crippen molar-refractivity contribution in [1.29, 1.82) is 0 Å². The van der Waals surface area contributed by atoms with Crippen molar-refractivity contribution in [2.45, 2.75) is 64.5 Å². The number of urea groups is 1. The van der Waals surface area contributed by atoms with Crippen molar-refractivity contribution in [1.82, 2.24) is 15.5 Å². The Hall–Kier alpha value is -2.90. The molecule has 0 aromatic heterocycles. The summed E-state index contributed by atoms with van der Waals surface area (Å²) in [6, 6.07) is 7.11. The molecule has 1 saturated carbocycles. The number of esters is 1. The molecule has 1 aliphatic carbocycles. The third-order valence-electron chi connectivity index (χ3n) is 6.42. The lowest BCUT2D eigenvalue weighted by molar-refractivity contribution is -0.151. The predicted octanol–water partition coefficient (Wildman–Crippen LogP) is 2.47. The lowest BCUT2D eigenvalue weighted by atomic mass is 9.73. The van der Waals surface area contributed by atoms with Gasteiger partial charge in [-0.05, 0) is 43.2 Å². The largest absolute Gasteiger partial charge is 0.454 e. The molecule has 0 unspecified atom stereocenters. The van der Waals surface area contributed by atoms with Crippen molar-refractivity contribution in [2.24, 2.45) is 5.92 Å². The molecule has 8 nitrogen and oxygen atoms in total. The number of aryl methyl sites for hydroxylation is 1. The van der Waals surface area contributed by atoms with Gasteiger partial charge >= 0.3 is 12.0 Å². The first kappa shape index (κ1) is 22.8. The first-order valence-electron chi connectivity index (χ1n) is 10.9. The molecule has 31 heavy (non-hydrogen) atoms. The molecule has 1 aliphatic heterocycles. The summed E-state index contributed by atoms with van der Waals surface area (Å²) < 4.78 is 5.01.